The van der Waals surface area contributed by atoms with Crippen molar-refractivity contribution in [3.8, 4) is 0 Å². The standard InChI is InChI=1S/C17H16N4O5S/c1-11-7-8-12(21(23)24)9-14(11)18-16(22)10-20(2)17-13-5-3-4-6-15(13)27(25,26)19-17/h3-9H,10H2,1-2H3,(H,18,22). The van der Waals surface area contributed by atoms with E-state index in [1.54, 1.807) is 38.2 Å². The molecule has 0 spiro atoms. The van der Waals surface area contributed by atoms with Gasteiger partial charge in [0.25, 0.3) is 15.7 Å². The van der Waals surface area contributed by atoms with Gasteiger partial charge in [0.05, 0.1) is 17.2 Å². The number of carbonyl (C=O) groups is 1. The Morgan fingerprint density at radius 3 is 2.67 bits per heavy atom. The third kappa shape index (κ3) is 3.65. The van der Waals surface area contributed by atoms with Crippen LogP contribution in [0.5, 0.6) is 0 Å². The monoisotopic (exact) mass is 388 g/mol. The average Bonchev–Trinajstić information content (AvgIpc) is 2.88. The van der Waals surface area contributed by atoms with E-state index < -0.39 is 20.9 Å². The minimum atomic E-state index is -3.78. The lowest BCUT2D eigenvalue weighted by molar-refractivity contribution is -0.384. The Bertz CT molecular complexity index is 1080. The third-order valence-electron chi connectivity index (χ3n) is 4.06. The minimum absolute atomic E-state index is 0.0989. The van der Waals surface area contributed by atoms with Crippen LogP contribution in [0.3, 0.4) is 0 Å². The molecule has 3 rings (SSSR count). The summed E-state index contributed by atoms with van der Waals surface area (Å²) in [5.41, 5.74) is 1.29. The molecule has 0 radical (unpaired) electrons. The van der Waals surface area contributed by atoms with Crippen LogP contribution in [0.4, 0.5) is 11.4 Å². The maximum absolute atomic E-state index is 12.4. The highest BCUT2D eigenvalue weighted by Crippen LogP contribution is 2.27. The molecular formula is C17H16N4O5S. The number of amidine groups is 1. The van der Waals surface area contributed by atoms with Gasteiger partial charge in [-0.05, 0) is 24.6 Å². The summed E-state index contributed by atoms with van der Waals surface area (Å²) in [4.78, 5) is 24.2. The van der Waals surface area contributed by atoms with Gasteiger partial charge >= 0.3 is 0 Å². The molecule has 0 saturated carbocycles. The van der Waals surface area contributed by atoms with Crippen LogP contribution in [-0.4, -0.2) is 43.6 Å². The van der Waals surface area contributed by atoms with Gasteiger partial charge in [0.1, 0.15) is 4.90 Å². The van der Waals surface area contributed by atoms with Crippen molar-refractivity contribution in [2.75, 3.05) is 18.9 Å². The summed E-state index contributed by atoms with van der Waals surface area (Å²) in [6.07, 6.45) is 0. The summed E-state index contributed by atoms with van der Waals surface area (Å²) < 4.78 is 28.0. The second-order valence-corrected chi connectivity index (χ2v) is 7.62. The maximum atomic E-state index is 12.4. The Morgan fingerprint density at radius 2 is 1.96 bits per heavy atom. The van der Waals surface area contributed by atoms with E-state index >= 15 is 0 Å². The van der Waals surface area contributed by atoms with E-state index in [1.807, 2.05) is 0 Å². The molecule has 0 aromatic heterocycles. The Hall–Kier alpha value is -3.27. The first-order valence-corrected chi connectivity index (χ1v) is 9.33. The van der Waals surface area contributed by atoms with Gasteiger partial charge in [-0.1, -0.05) is 18.2 Å². The molecule has 1 aliphatic rings. The highest BCUT2D eigenvalue weighted by atomic mass is 32.2. The number of nitrogens with zero attached hydrogens (tertiary/aromatic N) is 3. The Kier molecular flexibility index (Phi) is 4.66. The lowest BCUT2D eigenvalue weighted by atomic mass is 10.1. The number of sulfonamides is 1. The maximum Gasteiger partial charge on any atom is 0.285 e. The summed E-state index contributed by atoms with van der Waals surface area (Å²) in [5.74, 6) is -0.276. The molecule has 0 atom stereocenters. The number of non-ortho nitro benzene ring substituents is 1. The average molecular weight is 388 g/mol. The van der Waals surface area contributed by atoms with Crippen LogP contribution in [-0.2, 0) is 14.8 Å². The number of amides is 1. The second-order valence-electron chi connectivity index (χ2n) is 6.05. The van der Waals surface area contributed by atoms with Gasteiger partial charge < -0.3 is 10.2 Å². The topological polar surface area (TPSA) is 122 Å². The van der Waals surface area contributed by atoms with Crippen molar-refractivity contribution in [2.24, 2.45) is 4.40 Å². The van der Waals surface area contributed by atoms with Gasteiger partial charge in [0.2, 0.25) is 5.91 Å². The number of anilines is 1. The number of nitro benzene ring substituents is 1. The zero-order chi connectivity index (χ0) is 19.8. The van der Waals surface area contributed by atoms with Crippen LogP contribution in [0.15, 0.2) is 51.8 Å². The number of hydrogen-bond acceptors (Lipinski definition) is 6. The van der Waals surface area contributed by atoms with Gasteiger partial charge in [0.15, 0.2) is 5.84 Å². The quantitative estimate of drug-likeness (QED) is 0.631. The van der Waals surface area contributed by atoms with Crippen LogP contribution in [0.2, 0.25) is 0 Å². The molecule has 1 aliphatic heterocycles. The number of benzene rings is 2. The van der Waals surface area contributed by atoms with Crippen molar-refractivity contribution in [1.29, 1.82) is 0 Å². The lowest BCUT2D eigenvalue weighted by Gasteiger charge is -2.18. The fraction of sp³-hybridized carbons (Fsp3) is 0.176. The fourth-order valence-corrected chi connectivity index (χ4v) is 3.95. The van der Waals surface area contributed by atoms with E-state index in [9.17, 15) is 23.3 Å². The predicted octanol–water partition coefficient (Wildman–Crippen LogP) is 1.92. The summed E-state index contributed by atoms with van der Waals surface area (Å²) in [6, 6.07) is 10.6. The first kappa shape index (κ1) is 18.5. The highest BCUT2D eigenvalue weighted by molar-refractivity contribution is 7.90. The SMILES string of the molecule is Cc1ccc([N+](=O)[O-])cc1NC(=O)CN(C)C1=NS(=O)(=O)c2ccccc21. The Labute approximate surface area is 155 Å². The van der Waals surface area contributed by atoms with E-state index in [4.69, 9.17) is 0 Å². The molecule has 1 amide bonds. The summed E-state index contributed by atoms with van der Waals surface area (Å²) >= 11 is 0. The Morgan fingerprint density at radius 1 is 1.26 bits per heavy atom. The molecular weight excluding hydrogens is 372 g/mol. The zero-order valence-electron chi connectivity index (χ0n) is 14.5. The van der Waals surface area contributed by atoms with Crippen molar-refractivity contribution in [2.45, 2.75) is 11.8 Å². The number of likely N-dealkylation sites (N-methyl/N-ethyl adjacent to an activating group) is 1. The number of aryl methyl sites for hydroxylation is 1. The van der Waals surface area contributed by atoms with E-state index in [1.165, 1.54) is 23.1 Å². The molecule has 0 fully saturated rings. The van der Waals surface area contributed by atoms with Gasteiger partial charge in [0, 0.05) is 24.7 Å². The molecule has 0 aliphatic carbocycles. The van der Waals surface area contributed by atoms with E-state index in [0.717, 1.165) is 0 Å². The number of nitrogens with one attached hydrogen (secondary N) is 1. The first-order valence-electron chi connectivity index (χ1n) is 7.89. The van der Waals surface area contributed by atoms with E-state index in [-0.39, 0.29) is 23.0 Å². The number of hydrogen-bond donors (Lipinski definition) is 1. The molecule has 0 saturated heterocycles. The first-order chi connectivity index (χ1) is 12.7. The van der Waals surface area contributed by atoms with Gasteiger partial charge in [-0.2, -0.15) is 8.42 Å². The molecule has 27 heavy (non-hydrogen) atoms. The predicted molar refractivity (Wildman–Crippen MR) is 99.3 cm³/mol. The normalized spacial score (nSPS) is 14.2. The minimum Gasteiger partial charge on any atom is -0.349 e. The van der Waals surface area contributed by atoms with Crippen molar-refractivity contribution in [3.63, 3.8) is 0 Å². The number of fused-ring (bicyclic) bond motifs is 1. The van der Waals surface area contributed by atoms with Crippen molar-refractivity contribution >= 4 is 33.1 Å². The third-order valence-corrected chi connectivity index (χ3v) is 5.39. The number of carbonyl (C=O) groups excluding carboxylic acids is 1. The number of rotatable bonds is 4. The molecule has 10 heteroatoms. The molecule has 0 unspecified atom stereocenters. The van der Waals surface area contributed by atoms with Gasteiger partial charge in [-0.15, -0.1) is 4.40 Å². The number of nitro groups is 1. The summed E-state index contributed by atoms with van der Waals surface area (Å²) in [7, 11) is -2.22. The molecule has 140 valence electrons. The zero-order valence-corrected chi connectivity index (χ0v) is 15.4. The van der Waals surface area contributed by atoms with Crippen LogP contribution >= 0.6 is 0 Å². The van der Waals surface area contributed by atoms with E-state index in [2.05, 4.69) is 9.71 Å². The lowest BCUT2D eigenvalue weighted by Crippen LogP contribution is -2.35. The van der Waals surface area contributed by atoms with Gasteiger partial charge in [-0.25, -0.2) is 0 Å². The molecule has 9 nitrogen and oxygen atoms in total. The largest absolute Gasteiger partial charge is 0.349 e. The van der Waals surface area contributed by atoms with E-state index in [0.29, 0.717) is 16.8 Å². The van der Waals surface area contributed by atoms with Crippen LogP contribution in [0, 0.1) is 17.0 Å². The smallest absolute Gasteiger partial charge is 0.285 e. The molecule has 1 N–H and O–H groups in total. The molecule has 0 bridgehead atoms. The summed E-state index contributed by atoms with van der Waals surface area (Å²) in [5, 5.41) is 13.5. The molecule has 2 aromatic rings. The van der Waals surface area contributed by atoms with Crippen molar-refractivity contribution in [3.05, 3.63) is 63.7 Å². The van der Waals surface area contributed by atoms with Crippen molar-refractivity contribution < 1.29 is 18.1 Å². The van der Waals surface area contributed by atoms with Crippen LogP contribution in [0.1, 0.15) is 11.1 Å². The second kappa shape index (κ2) is 6.80. The van der Waals surface area contributed by atoms with Crippen LogP contribution in [0.25, 0.3) is 0 Å². The molecule has 1 heterocycles. The van der Waals surface area contributed by atoms with Gasteiger partial charge in [-0.3, -0.25) is 14.9 Å². The summed E-state index contributed by atoms with van der Waals surface area (Å²) in [6.45, 7) is 1.54. The van der Waals surface area contributed by atoms with Crippen LogP contribution < -0.4 is 5.32 Å². The highest BCUT2D eigenvalue weighted by Gasteiger charge is 2.31. The van der Waals surface area contributed by atoms with Crippen molar-refractivity contribution in [1.82, 2.24) is 4.90 Å². The molecule has 2 aromatic carbocycles. The fourth-order valence-electron chi connectivity index (χ4n) is 2.70. The Balaban J connectivity index is 1.78.